The van der Waals surface area contributed by atoms with Gasteiger partial charge in [-0.15, -0.1) is 0 Å². The molecule has 1 amide bonds. The molecule has 2 unspecified atom stereocenters. The molecule has 0 bridgehead atoms. The number of likely N-dealkylation sites (tertiary alicyclic amines) is 1. The third-order valence-electron chi connectivity index (χ3n) is 3.71. The lowest BCUT2D eigenvalue weighted by Gasteiger charge is -2.28. The van der Waals surface area contributed by atoms with Gasteiger partial charge in [-0.25, -0.2) is 9.59 Å². The fourth-order valence-corrected chi connectivity index (χ4v) is 2.60. The number of benzene rings is 1. The summed E-state index contributed by atoms with van der Waals surface area (Å²) in [6.45, 7) is 7.79. The quantitative estimate of drug-likeness (QED) is 0.797. The van der Waals surface area contributed by atoms with Crippen molar-refractivity contribution in [2.45, 2.75) is 58.3 Å². The molecular weight excluding hydrogens is 294 g/mol. The van der Waals surface area contributed by atoms with Crippen molar-refractivity contribution in [1.29, 1.82) is 0 Å². The molecule has 5 heteroatoms. The maximum absolute atomic E-state index is 12.4. The van der Waals surface area contributed by atoms with Crippen molar-refractivity contribution in [1.82, 2.24) is 4.90 Å². The highest BCUT2D eigenvalue weighted by molar-refractivity contribution is 5.82. The molecule has 5 nitrogen and oxygen atoms in total. The summed E-state index contributed by atoms with van der Waals surface area (Å²) in [6, 6.07) is 9.00. The van der Waals surface area contributed by atoms with Crippen LogP contribution >= 0.6 is 0 Å². The molecule has 1 aromatic carbocycles. The van der Waals surface area contributed by atoms with Crippen LogP contribution in [-0.2, 0) is 14.3 Å². The van der Waals surface area contributed by atoms with E-state index >= 15 is 0 Å². The molecule has 0 saturated carbocycles. The van der Waals surface area contributed by atoms with Gasteiger partial charge in [0, 0.05) is 6.54 Å². The number of amides is 1. The Morgan fingerprint density at radius 2 is 1.87 bits per heavy atom. The molecule has 1 aliphatic heterocycles. The van der Waals surface area contributed by atoms with E-state index in [4.69, 9.17) is 9.47 Å². The van der Waals surface area contributed by atoms with Crippen molar-refractivity contribution >= 4 is 12.1 Å². The average Bonchev–Trinajstić information content (AvgIpc) is 2.96. The van der Waals surface area contributed by atoms with Crippen molar-refractivity contribution in [2.75, 3.05) is 6.54 Å². The smallest absolute Gasteiger partial charge is 0.411 e. The lowest BCUT2D eigenvalue weighted by Crippen LogP contribution is -2.44. The first-order chi connectivity index (χ1) is 10.8. The molecule has 0 radical (unpaired) electrons. The Morgan fingerprint density at radius 3 is 2.48 bits per heavy atom. The summed E-state index contributed by atoms with van der Waals surface area (Å²) < 4.78 is 10.9. The van der Waals surface area contributed by atoms with Crippen LogP contribution in [0.4, 0.5) is 4.79 Å². The van der Waals surface area contributed by atoms with Crippen LogP contribution in [0.15, 0.2) is 30.3 Å². The zero-order valence-electron chi connectivity index (χ0n) is 14.2. The topological polar surface area (TPSA) is 55.8 Å². The van der Waals surface area contributed by atoms with Gasteiger partial charge in [0.15, 0.2) is 0 Å². The highest BCUT2D eigenvalue weighted by Gasteiger charge is 2.38. The van der Waals surface area contributed by atoms with Gasteiger partial charge in [0.25, 0.3) is 0 Å². The van der Waals surface area contributed by atoms with E-state index in [0.29, 0.717) is 13.0 Å². The summed E-state index contributed by atoms with van der Waals surface area (Å²) in [5, 5.41) is 0. The third kappa shape index (κ3) is 4.71. The van der Waals surface area contributed by atoms with Crippen LogP contribution in [0.25, 0.3) is 0 Å². The van der Waals surface area contributed by atoms with E-state index in [-0.39, 0.29) is 12.1 Å². The SMILES string of the molecule is CC(OC(=O)C1CCCN1C(=O)OC(C)(C)C)c1ccccc1. The lowest BCUT2D eigenvalue weighted by molar-refractivity contribution is -0.153. The zero-order valence-corrected chi connectivity index (χ0v) is 14.2. The number of carbonyl (C=O) groups excluding carboxylic acids is 2. The van der Waals surface area contributed by atoms with Crippen LogP contribution in [0, 0.1) is 0 Å². The minimum absolute atomic E-state index is 0.343. The number of ether oxygens (including phenoxy) is 2. The van der Waals surface area contributed by atoms with Gasteiger partial charge in [-0.2, -0.15) is 0 Å². The molecule has 2 rings (SSSR count). The molecule has 0 aliphatic carbocycles. The van der Waals surface area contributed by atoms with E-state index in [1.54, 1.807) is 0 Å². The number of carbonyl (C=O) groups is 2. The molecule has 1 heterocycles. The molecule has 23 heavy (non-hydrogen) atoms. The van der Waals surface area contributed by atoms with Crippen LogP contribution in [0.5, 0.6) is 0 Å². The van der Waals surface area contributed by atoms with Crippen molar-refractivity contribution in [2.24, 2.45) is 0 Å². The van der Waals surface area contributed by atoms with Gasteiger partial charge in [-0.3, -0.25) is 4.90 Å². The fraction of sp³-hybridized carbons (Fsp3) is 0.556. The predicted molar refractivity (Wildman–Crippen MR) is 86.9 cm³/mol. The van der Waals surface area contributed by atoms with Crippen LogP contribution in [-0.4, -0.2) is 35.2 Å². The number of rotatable bonds is 3. The normalized spacial score (nSPS) is 19.3. The zero-order chi connectivity index (χ0) is 17.0. The molecule has 126 valence electrons. The summed E-state index contributed by atoms with van der Waals surface area (Å²) in [6.07, 6.45) is 0.590. The first-order valence-electron chi connectivity index (χ1n) is 8.03. The summed E-state index contributed by atoms with van der Waals surface area (Å²) in [5.41, 5.74) is 0.355. The van der Waals surface area contributed by atoms with Crippen molar-refractivity contribution in [3.05, 3.63) is 35.9 Å². The minimum atomic E-state index is -0.578. The Labute approximate surface area is 137 Å². The Hall–Kier alpha value is -2.04. The first kappa shape index (κ1) is 17.3. The molecule has 1 aliphatic rings. The van der Waals surface area contributed by atoms with Crippen molar-refractivity contribution < 1.29 is 19.1 Å². The highest BCUT2D eigenvalue weighted by Crippen LogP contribution is 2.24. The number of nitrogens with zero attached hydrogens (tertiary/aromatic N) is 1. The number of esters is 1. The summed E-state index contributed by atoms with van der Waals surface area (Å²) in [7, 11) is 0. The standard InChI is InChI=1S/C18H25NO4/c1-13(14-9-6-5-7-10-14)22-16(20)15-11-8-12-19(15)17(21)23-18(2,3)4/h5-7,9-10,13,15H,8,11-12H2,1-4H3. The Morgan fingerprint density at radius 1 is 1.22 bits per heavy atom. The largest absolute Gasteiger partial charge is 0.456 e. The molecule has 0 aromatic heterocycles. The number of hydrogen-bond acceptors (Lipinski definition) is 4. The lowest BCUT2D eigenvalue weighted by atomic mass is 10.1. The monoisotopic (exact) mass is 319 g/mol. The predicted octanol–water partition coefficient (Wildman–Crippen LogP) is 3.69. The van der Waals surface area contributed by atoms with Gasteiger partial charge in [0.05, 0.1) is 0 Å². The van der Waals surface area contributed by atoms with Crippen molar-refractivity contribution in [3.63, 3.8) is 0 Å². The van der Waals surface area contributed by atoms with Gasteiger partial charge in [-0.05, 0) is 46.1 Å². The van der Waals surface area contributed by atoms with E-state index < -0.39 is 17.7 Å². The maximum atomic E-state index is 12.4. The van der Waals surface area contributed by atoms with Gasteiger partial charge < -0.3 is 9.47 Å². The molecule has 0 N–H and O–H groups in total. The summed E-state index contributed by atoms with van der Waals surface area (Å²) >= 11 is 0. The molecule has 0 spiro atoms. The molecule has 2 atom stereocenters. The average molecular weight is 319 g/mol. The Balaban J connectivity index is 1.99. The maximum Gasteiger partial charge on any atom is 0.411 e. The summed E-state index contributed by atoms with van der Waals surface area (Å²) in [5.74, 6) is -0.371. The second-order valence-electron chi connectivity index (χ2n) is 6.82. The first-order valence-corrected chi connectivity index (χ1v) is 8.03. The molecule has 1 aromatic rings. The Bertz CT molecular complexity index is 550. The highest BCUT2D eigenvalue weighted by atomic mass is 16.6. The Kier molecular flexibility index (Phi) is 5.29. The van der Waals surface area contributed by atoms with E-state index in [1.807, 2.05) is 58.0 Å². The van der Waals surface area contributed by atoms with E-state index in [0.717, 1.165) is 12.0 Å². The van der Waals surface area contributed by atoms with Crippen LogP contribution in [0.1, 0.15) is 52.2 Å². The molecule has 1 fully saturated rings. The van der Waals surface area contributed by atoms with E-state index in [2.05, 4.69) is 0 Å². The minimum Gasteiger partial charge on any atom is -0.456 e. The van der Waals surface area contributed by atoms with Gasteiger partial charge in [-0.1, -0.05) is 30.3 Å². The third-order valence-corrected chi connectivity index (χ3v) is 3.71. The van der Waals surface area contributed by atoms with Crippen LogP contribution in [0.3, 0.4) is 0 Å². The van der Waals surface area contributed by atoms with Crippen LogP contribution in [0.2, 0.25) is 0 Å². The number of hydrogen-bond donors (Lipinski definition) is 0. The van der Waals surface area contributed by atoms with Crippen LogP contribution < -0.4 is 0 Å². The van der Waals surface area contributed by atoms with E-state index in [9.17, 15) is 9.59 Å². The second kappa shape index (κ2) is 7.02. The molecule has 1 saturated heterocycles. The van der Waals surface area contributed by atoms with Gasteiger partial charge in [0.2, 0.25) is 0 Å². The van der Waals surface area contributed by atoms with Gasteiger partial charge >= 0.3 is 12.1 Å². The fourth-order valence-electron chi connectivity index (χ4n) is 2.60. The van der Waals surface area contributed by atoms with E-state index in [1.165, 1.54) is 4.90 Å². The van der Waals surface area contributed by atoms with Gasteiger partial charge in [0.1, 0.15) is 17.7 Å². The second-order valence-corrected chi connectivity index (χ2v) is 6.82. The molecular formula is C18H25NO4. The summed E-state index contributed by atoms with van der Waals surface area (Å²) in [4.78, 5) is 26.1. The van der Waals surface area contributed by atoms with Crippen molar-refractivity contribution in [3.8, 4) is 0 Å².